The van der Waals surface area contributed by atoms with Crippen LogP contribution < -0.4 is 0 Å². The number of carboxylic acids is 1. The maximum Gasteiger partial charge on any atom is 0.306 e. The molecule has 2 heteroatoms. The number of rotatable bonds is 4. The quantitative estimate of drug-likeness (QED) is 0.877. The maximum atomic E-state index is 10.9. The van der Waals surface area contributed by atoms with Gasteiger partial charge in [-0.15, -0.1) is 0 Å². The van der Waals surface area contributed by atoms with Crippen LogP contribution in [-0.4, -0.2) is 11.1 Å². The lowest BCUT2D eigenvalue weighted by molar-refractivity contribution is -0.138. The minimum absolute atomic E-state index is 0.0926. The normalized spacial score (nSPS) is 23.4. The van der Waals surface area contributed by atoms with E-state index < -0.39 is 5.97 Å². The fourth-order valence-corrected chi connectivity index (χ4v) is 3.15. The molecular weight excluding hydrogens is 248 g/mol. The molecule has 110 valence electrons. The Balaban J connectivity index is 2.11. The summed E-state index contributed by atoms with van der Waals surface area (Å²) in [6.45, 7) is 11.1. The van der Waals surface area contributed by atoms with Crippen molar-refractivity contribution in [2.45, 2.75) is 58.8 Å². The van der Waals surface area contributed by atoms with Gasteiger partial charge in [0.2, 0.25) is 0 Å². The summed E-state index contributed by atoms with van der Waals surface area (Å²) < 4.78 is 0. The van der Waals surface area contributed by atoms with E-state index in [-0.39, 0.29) is 11.3 Å². The van der Waals surface area contributed by atoms with Gasteiger partial charge < -0.3 is 5.11 Å². The van der Waals surface area contributed by atoms with E-state index in [1.807, 2.05) is 0 Å². The van der Waals surface area contributed by atoms with Crippen LogP contribution in [0.5, 0.6) is 0 Å². The van der Waals surface area contributed by atoms with Crippen molar-refractivity contribution in [3.63, 3.8) is 0 Å². The largest absolute Gasteiger partial charge is 0.481 e. The number of carbonyl (C=O) groups is 1. The third-order valence-electron chi connectivity index (χ3n) is 4.53. The van der Waals surface area contributed by atoms with Gasteiger partial charge in [-0.2, -0.15) is 0 Å². The van der Waals surface area contributed by atoms with Crippen LogP contribution >= 0.6 is 0 Å². The fraction of sp³-hybridized carbons (Fsp3) is 0.611. The molecule has 0 spiro atoms. The van der Waals surface area contributed by atoms with Gasteiger partial charge in [0.15, 0.2) is 0 Å². The molecule has 1 N–H and O–H groups in total. The zero-order valence-electron chi connectivity index (χ0n) is 13.2. The summed E-state index contributed by atoms with van der Waals surface area (Å²) in [6.07, 6.45) is 1.85. The highest BCUT2D eigenvalue weighted by atomic mass is 16.4. The molecule has 0 bridgehead atoms. The molecule has 1 aliphatic carbocycles. The number of aryl methyl sites for hydroxylation is 1. The van der Waals surface area contributed by atoms with Gasteiger partial charge in [0.1, 0.15) is 0 Å². The van der Waals surface area contributed by atoms with E-state index in [4.69, 9.17) is 5.11 Å². The maximum absolute atomic E-state index is 10.9. The first kappa shape index (κ1) is 15.1. The summed E-state index contributed by atoms with van der Waals surface area (Å²) in [4.78, 5) is 10.9. The lowest BCUT2D eigenvalue weighted by atomic mass is 9.81. The van der Waals surface area contributed by atoms with Gasteiger partial charge in [-0.05, 0) is 53.7 Å². The highest BCUT2D eigenvalue weighted by Gasteiger charge is 2.43. The summed E-state index contributed by atoms with van der Waals surface area (Å²) in [6, 6.07) is 6.72. The average molecular weight is 274 g/mol. The van der Waals surface area contributed by atoms with E-state index in [0.717, 1.165) is 12.8 Å². The number of aliphatic carboxylic acids is 1. The van der Waals surface area contributed by atoms with E-state index in [1.165, 1.54) is 16.7 Å². The summed E-state index contributed by atoms with van der Waals surface area (Å²) >= 11 is 0. The van der Waals surface area contributed by atoms with Crippen molar-refractivity contribution in [1.29, 1.82) is 0 Å². The van der Waals surface area contributed by atoms with Crippen LogP contribution in [0, 0.1) is 18.8 Å². The summed E-state index contributed by atoms with van der Waals surface area (Å²) in [7, 11) is 0. The fourth-order valence-electron chi connectivity index (χ4n) is 3.15. The van der Waals surface area contributed by atoms with Crippen molar-refractivity contribution >= 4 is 5.97 Å². The molecule has 2 nitrogen and oxygen atoms in total. The van der Waals surface area contributed by atoms with Gasteiger partial charge in [-0.1, -0.05) is 45.9 Å². The third-order valence-corrected chi connectivity index (χ3v) is 4.53. The molecule has 2 rings (SSSR count). The van der Waals surface area contributed by atoms with E-state index in [1.54, 1.807) is 0 Å². The van der Waals surface area contributed by atoms with E-state index in [9.17, 15) is 4.79 Å². The number of benzene rings is 1. The Hall–Kier alpha value is -1.31. The molecule has 3 atom stereocenters. The number of hydrogen-bond donors (Lipinski definition) is 1. The van der Waals surface area contributed by atoms with Crippen molar-refractivity contribution < 1.29 is 9.90 Å². The lowest BCUT2D eigenvalue weighted by Gasteiger charge is -2.24. The Bertz CT molecular complexity index is 511. The van der Waals surface area contributed by atoms with Crippen LogP contribution in [0.25, 0.3) is 0 Å². The molecule has 1 aromatic rings. The summed E-state index contributed by atoms with van der Waals surface area (Å²) in [5, 5.41) is 8.99. The minimum atomic E-state index is -0.624. The SMILES string of the molecule is Cc1ccc(C(C)CC2CC2C(=O)O)cc1C(C)(C)C. The van der Waals surface area contributed by atoms with Gasteiger partial charge in [0.25, 0.3) is 0 Å². The summed E-state index contributed by atoms with van der Waals surface area (Å²) in [5.41, 5.74) is 4.23. The predicted molar refractivity (Wildman–Crippen MR) is 82.1 cm³/mol. The molecule has 0 radical (unpaired) electrons. The Morgan fingerprint density at radius 2 is 2.05 bits per heavy atom. The van der Waals surface area contributed by atoms with Crippen LogP contribution in [0.15, 0.2) is 18.2 Å². The van der Waals surface area contributed by atoms with Gasteiger partial charge in [-0.3, -0.25) is 4.79 Å². The van der Waals surface area contributed by atoms with Crippen molar-refractivity contribution in [1.82, 2.24) is 0 Å². The highest BCUT2D eigenvalue weighted by Crippen LogP contribution is 2.45. The topological polar surface area (TPSA) is 37.3 Å². The second kappa shape index (κ2) is 5.23. The first-order valence-electron chi connectivity index (χ1n) is 7.54. The van der Waals surface area contributed by atoms with Crippen molar-refractivity contribution in [3.05, 3.63) is 34.9 Å². The smallest absolute Gasteiger partial charge is 0.306 e. The molecule has 0 aliphatic heterocycles. The summed E-state index contributed by atoms with van der Waals surface area (Å²) in [5.74, 6) is 0.0967. The zero-order chi connectivity index (χ0) is 15.1. The average Bonchev–Trinajstić information content (AvgIpc) is 3.07. The van der Waals surface area contributed by atoms with Crippen molar-refractivity contribution in [2.75, 3.05) is 0 Å². The standard InChI is InChI=1S/C18H26O2/c1-11-6-7-13(10-16(11)18(3,4)5)12(2)8-14-9-15(14)17(19)20/h6-7,10,12,14-15H,8-9H2,1-5H3,(H,19,20). The molecule has 1 saturated carbocycles. The Morgan fingerprint density at radius 1 is 1.40 bits per heavy atom. The molecule has 0 amide bonds. The minimum Gasteiger partial charge on any atom is -0.481 e. The Labute approximate surface area is 122 Å². The van der Waals surface area contributed by atoms with Gasteiger partial charge >= 0.3 is 5.97 Å². The van der Waals surface area contributed by atoms with Crippen LogP contribution in [0.3, 0.4) is 0 Å². The molecule has 0 saturated heterocycles. The molecule has 1 fully saturated rings. The number of hydrogen-bond acceptors (Lipinski definition) is 1. The Kier molecular flexibility index (Phi) is 3.95. The molecule has 1 aliphatic rings. The van der Waals surface area contributed by atoms with E-state index >= 15 is 0 Å². The van der Waals surface area contributed by atoms with E-state index in [2.05, 4.69) is 52.8 Å². The zero-order valence-corrected chi connectivity index (χ0v) is 13.2. The molecule has 0 aromatic heterocycles. The first-order chi connectivity index (χ1) is 9.20. The van der Waals surface area contributed by atoms with Gasteiger partial charge in [0.05, 0.1) is 5.92 Å². The molecule has 1 aromatic carbocycles. The van der Waals surface area contributed by atoms with Gasteiger partial charge in [0, 0.05) is 0 Å². The van der Waals surface area contributed by atoms with Crippen molar-refractivity contribution in [3.8, 4) is 0 Å². The monoisotopic (exact) mass is 274 g/mol. The second-order valence-corrected chi connectivity index (χ2v) is 7.40. The van der Waals surface area contributed by atoms with Crippen LogP contribution in [-0.2, 0) is 10.2 Å². The van der Waals surface area contributed by atoms with Crippen LogP contribution in [0.2, 0.25) is 0 Å². The van der Waals surface area contributed by atoms with E-state index in [0.29, 0.717) is 11.8 Å². The van der Waals surface area contributed by atoms with Crippen molar-refractivity contribution in [2.24, 2.45) is 11.8 Å². The Morgan fingerprint density at radius 3 is 2.55 bits per heavy atom. The molecule has 0 heterocycles. The molecule has 20 heavy (non-hydrogen) atoms. The third kappa shape index (κ3) is 3.23. The van der Waals surface area contributed by atoms with Gasteiger partial charge in [-0.25, -0.2) is 0 Å². The predicted octanol–water partition coefficient (Wildman–Crippen LogP) is 4.51. The lowest BCUT2D eigenvalue weighted by Crippen LogP contribution is -2.14. The highest BCUT2D eigenvalue weighted by molar-refractivity contribution is 5.73. The molecular formula is C18H26O2. The first-order valence-corrected chi connectivity index (χ1v) is 7.54. The molecule has 3 unspecified atom stereocenters. The van der Waals surface area contributed by atoms with Crippen LogP contribution in [0.4, 0.5) is 0 Å². The van der Waals surface area contributed by atoms with Crippen LogP contribution in [0.1, 0.15) is 63.1 Å². The second-order valence-electron chi connectivity index (χ2n) is 7.40. The number of carboxylic acid groups (broad SMARTS) is 1.